The van der Waals surface area contributed by atoms with Crippen LogP contribution in [0.2, 0.25) is 0 Å². The Morgan fingerprint density at radius 1 is 1.16 bits per heavy atom. The van der Waals surface area contributed by atoms with Gasteiger partial charge in [-0.2, -0.15) is 0 Å². The monoisotopic (exact) mass is 426 g/mol. The summed E-state index contributed by atoms with van der Waals surface area (Å²) in [6.07, 6.45) is 4.49. The van der Waals surface area contributed by atoms with Crippen LogP contribution in [0.5, 0.6) is 0 Å². The highest BCUT2D eigenvalue weighted by molar-refractivity contribution is 5.83. The lowest BCUT2D eigenvalue weighted by molar-refractivity contribution is -0.138. The molecule has 1 aliphatic carbocycles. The molecule has 4 aliphatic rings. The second kappa shape index (κ2) is 8.79. The second-order valence-corrected chi connectivity index (χ2v) is 9.76. The zero-order valence-corrected chi connectivity index (χ0v) is 18.2. The number of hydrogen-bond acceptors (Lipinski definition) is 4. The van der Waals surface area contributed by atoms with Gasteiger partial charge in [-0.3, -0.25) is 9.69 Å². The first-order valence-corrected chi connectivity index (χ1v) is 11.9. The number of β-amino-alcohol motifs (C(OH)–C–C–N with tert-alkyl or cyclic N) is 1. The first-order chi connectivity index (χ1) is 15.1. The summed E-state index contributed by atoms with van der Waals surface area (Å²) in [5.74, 6) is 1.19. The lowest BCUT2D eigenvalue weighted by atomic mass is 10.00. The molecule has 168 valence electrons. The molecule has 3 fully saturated rings. The fourth-order valence-electron chi connectivity index (χ4n) is 5.64. The van der Waals surface area contributed by atoms with Crippen LogP contribution >= 0.6 is 0 Å². The third kappa shape index (κ3) is 4.58. The molecule has 1 saturated carbocycles. The van der Waals surface area contributed by atoms with Crippen molar-refractivity contribution < 1.29 is 14.7 Å². The van der Waals surface area contributed by atoms with Gasteiger partial charge in [0, 0.05) is 57.8 Å². The van der Waals surface area contributed by atoms with Crippen LogP contribution in [0.1, 0.15) is 36.8 Å². The van der Waals surface area contributed by atoms with Crippen LogP contribution in [0.25, 0.3) is 0 Å². The number of benzene rings is 1. The van der Waals surface area contributed by atoms with Gasteiger partial charge in [0.05, 0.1) is 6.10 Å². The average molecular weight is 427 g/mol. The van der Waals surface area contributed by atoms with Crippen LogP contribution in [0, 0.1) is 11.8 Å². The van der Waals surface area contributed by atoms with Crippen LogP contribution in [0.4, 0.5) is 4.79 Å². The number of nitrogens with one attached hydrogen (secondary N) is 1. The third-order valence-electron chi connectivity index (χ3n) is 7.56. The summed E-state index contributed by atoms with van der Waals surface area (Å²) >= 11 is 0. The van der Waals surface area contributed by atoms with E-state index in [0.717, 1.165) is 58.3 Å². The highest BCUT2D eigenvalue weighted by Crippen LogP contribution is 2.46. The van der Waals surface area contributed by atoms with E-state index in [1.807, 2.05) is 9.80 Å². The van der Waals surface area contributed by atoms with Gasteiger partial charge >= 0.3 is 6.03 Å². The smallest absolute Gasteiger partial charge is 0.317 e. The molecule has 2 saturated heterocycles. The summed E-state index contributed by atoms with van der Waals surface area (Å²) in [6, 6.07) is 8.49. The largest absolute Gasteiger partial charge is 0.390 e. The van der Waals surface area contributed by atoms with E-state index in [9.17, 15) is 14.7 Å². The molecule has 7 heteroatoms. The van der Waals surface area contributed by atoms with Crippen LogP contribution in [-0.2, 0) is 17.8 Å². The van der Waals surface area contributed by atoms with Gasteiger partial charge in [-0.05, 0) is 49.1 Å². The molecule has 3 heterocycles. The van der Waals surface area contributed by atoms with Gasteiger partial charge in [-0.25, -0.2) is 4.79 Å². The van der Waals surface area contributed by atoms with E-state index in [0.29, 0.717) is 24.9 Å². The minimum Gasteiger partial charge on any atom is -0.390 e. The quantitative estimate of drug-likeness (QED) is 0.747. The molecule has 0 bridgehead atoms. The molecule has 3 aliphatic heterocycles. The number of rotatable bonds is 5. The number of aliphatic hydroxyl groups excluding tert-OH is 1. The number of likely N-dealkylation sites (tertiary alicyclic amines) is 2. The van der Waals surface area contributed by atoms with Crippen molar-refractivity contribution in [1.82, 2.24) is 20.0 Å². The summed E-state index contributed by atoms with van der Waals surface area (Å²) in [7, 11) is 0. The maximum atomic E-state index is 12.7. The molecule has 0 aromatic heterocycles. The highest BCUT2D eigenvalue weighted by Gasteiger charge is 2.49. The summed E-state index contributed by atoms with van der Waals surface area (Å²) in [4.78, 5) is 31.4. The predicted octanol–water partition coefficient (Wildman–Crippen LogP) is 1.45. The van der Waals surface area contributed by atoms with Gasteiger partial charge in [0.25, 0.3) is 0 Å². The molecule has 0 radical (unpaired) electrons. The summed E-state index contributed by atoms with van der Waals surface area (Å²) in [5.41, 5.74) is 2.72. The van der Waals surface area contributed by atoms with Crippen molar-refractivity contribution in [2.45, 2.75) is 50.8 Å². The Bertz CT molecular complexity index is 831. The van der Waals surface area contributed by atoms with Crippen LogP contribution in [-0.4, -0.2) is 83.2 Å². The van der Waals surface area contributed by atoms with Gasteiger partial charge in [0.1, 0.15) is 0 Å². The number of urea groups is 1. The summed E-state index contributed by atoms with van der Waals surface area (Å²) in [5, 5.41) is 13.4. The maximum Gasteiger partial charge on any atom is 0.317 e. The SMILES string of the molecule is O=C(NC[C@H](O)CN1CCc2ccccc2C1)N1CCC[C@@H](N2CCC3CC3C2=O)C1. The fraction of sp³-hybridized carbons (Fsp3) is 0.667. The Kier molecular flexibility index (Phi) is 5.89. The molecule has 1 aromatic rings. The predicted molar refractivity (Wildman–Crippen MR) is 117 cm³/mol. The first kappa shape index (κ1) is 20.8. The minimum atomic E-state index is -0.592. The Morgan fingerprint density at radius 2 is 2.00 bits per heavy atom. The topological polar surface area (TPSA) is 76.1 Å². The lowest BCUT2D eigenvalue weighted by Crippen LogP contribution is -2.55. The number of piperidine rings is 2. The van der Waals surface area contributed by atoms with E-state index in [1.54, 1.807) is 0 Å². The Morgan fingerprint density at radius 3 is 2.87 bits per heavy atom. The van der Waals surface area contributed by atoms with Crippen molar-refractivity contribution in [2.75, 3.05) is 39.3 Å². The van der Waals surface area contributed by atoms with Crippen molar-refractivity contribution in [2.24, 2.45) is 11.8 Å². The first-order valence-electron chi connectivity index (χ1n) is 11.9. The number of nitrogens with zero attached hydrogens (tertiary/aromatic N) is 3. The van der Waals surface area contributed by atoms with E-state index in [4.69, 9.17) is 0 Å². The third-order valence-corrected chi connectivity index (χ3v) is 7.56. The van der Waals surface area contributed by atoms with E-state index >= 15 is 0 Å². The fourth-order valence-corrected chi connectivity index (χ4v) is 5.64. The molecule has 7 nitrogen and oxygen atoms in total. The number of carbonyl (C=O) groups excluding carboxylic acids is 2. The summed E-state index contributed by atoms with van der Waals surface area (Å²) < 4.78 is 0. The molecule has 4 atom stereocenters. The number of amides is 3. The van der Waals surface area contributed by atoms with E-state index in [2.05, 4.69) is 34.5 Å². The Labute approximate surface area is 184 Å². The van der Waals surface area contributed by atoms with Gasteiger partial charge in [0.15, 0.2) is 0 Å². The van der Waals surface area contributed by atoms with Crippen molar-refractivity contribution in [1.29, 1.82) is 0 Å². The molecule has 31 heavy (non-hydrogen) atoms. The standard InChI is InChI=1S/C24H34N4O3/c29-21(16-26-10-7-17-4-1-2-5-19(17)14-26)13-25-24(31)27-9-3-6-20(15-27)28-11-8-18-12-22(18)23(28)30/h1-2,4-5,18,20-22,29H,3,6-16H2,(H,25,31)/t18?,20-,21+,22?/m1/s1. The van der Waals surface area contributed by atoms with Gasteiger partial charge in [-0.15, -0.1) is 0 Å². The molecule has 0 spiro atoms. The number of carbonyl (C=O) groups is 2. The van der Waals surface area contributed by atoms with Crippen molar-refractivity contribution in [3.63, 3.8) is 0 Å². The molecular formula is C24H34N4O3. The molecular weight excluding hydrogens is 392 g/mol. The number of aliphatic hydroxyl groups is 1. The van der Waals surface area contributed by atoms with Crippen LogP contribution < -0.4 is 5.32 Å². The minimum absolute atomic E-state index is 0.124. The van der Waals surface area contributed by atoms with Crippen LogP contribution in [0.3, 0.4) is 0 Å². The molecule has 2 N–H and O–H groups in total. The lowest BCUT2D eigenvalue weighted by Gasteiger charge is -2.41. The molecule has 1 aromatic carbocycles. The van der Waals surface area contributed by atoms with E-state index < -0.39 is 6.10 Å². The maximum absolute atomic E-state index is 12.7. The van der Waals surface area contributed by atoms with Crippen LogP contribution in [0.15, 0.2) is 24.3 Å². The second-order valence-electron chi connectivity index (χ2n) is 9.76. The van der Waals surface area contributed by atoms with Crippen molar-refractivity contribution >= 4 is 11.9 Å². The van der Waals surface area contributed by atoms with Crippen molar-refractivity contribution in [3.05, 3.63) is 35.4 Å². The van der Waals surface area contributed by atoms with Gasteiger partial charge < -0.3 is 20.2 Å². The summed E-state index contributed by atoms with van der Waals surface area (Å²) in [6.45, 7) is 4.76. The number of fused-ring (bicyclic) bond motifs is 2. The number of hydrogen-bond donors (Lipinski definition) is 2. The molecule has 2 unspecified atom stereocenters. The van der Waals surface area contributed by atoms with E-state index in [-0.39, 0.29) is 24.5 Å². The average Bonchev–Trinajstić information content (AvgIpc) is 3.59. The zero-order valence-electron chi connectivity index (χ0n) is 18.2. The molecule has 3 amide bonds. The highest BCUT2D eigenvalue weighted by atomic mass is 16.3. The molecule has 5 rings (SSSR count). The van der Waals surface area contributed by atoms with Gasteiger partial charge in [-0.1, -0.05) is 24.3 Å². The normalized spacial score (nSPS) is 29.2. The van der Waals surface area contributed by atoms with Gasteiger partial charge in [0.2, 0.25) is 5.91 Å². The Balaban J connectivity index is 1.07. The Hall–Kier alpha value is -2.12. The van der Waals surface area contributed by atoms with E-state index in [1.165, 1.54) is 11.1 Å². The zero-order chi connectivity index (χ0) is 21.4. The van der Waals surface area contributed by atoms with Crippen molar-refractivity contribution in [3.8, 4) is 0 Å².